The highest BCUT2D eigenvalue weighted by atomic mass is 16.2. The van der Waals surface area contributed by atoms with Gasteiger partial charge in [-0.15, -0.1) is 0 Å². The molecular formula is C22H26N4O3. The van der Waals surface area contributed by atoms with E-state index < -0.39 is 5.69 Å². The number of aromatic amines is 1. The maximum Gasteiger partial charge on any atom is 0.328 e. The summed E-state index contributed by atoms with van der Waals surface area (Å²) in [7, 11) is 0. The zero-order chi connectivity index (χ0) is 21.1. The topological polar surface area (TPSA) is 110 Å². The van der Waals surface area contributed by atoms with Gasteiger partial charge in [0.25, 0.3) is 11.5 Å². The lowest BCUT2D eigenvalue weighted by molar-refractivity contribution is 0.0951. The number of nitrogens with one attached hydrogen (secondary N) is 2. The summed E-state index contributed by atoms with van der Waals surface area (Å²) in [5.41, 5.74) is 8.21. The van der Waals surface area contributed by atoms with Gasteiger partial charge in [-0.2, -0.15) is 0 Å². The lowest BCUT2D eigenvalue weighted by atomic mass is 9.99. The highest BCUT2D eigenvalue weighted by Gasteiger charge is 2.13. The van der Waals surface area contributed by atoms with Crippen LogP contribution in [0.3, 0.4) is 0 Å². The van der Waals surface area contributed by atoms with Gasteiger partial charge in [-0.3, -0.25) is 14.2 Å². The van der Waals surface area contributed by atoms with Gasteiger partial charge in [0.1, 0.15) is 0 Å². The first-order chi connectivity index (χ1) is 13.8. The molecule has 7 nitrogen and oxygen atoms in total. The third-order valence-electron chi connectivity index (χ3n) is 5.07. The molecule has 0 aliphatic carbocycles. The quantitative estimate of drug-likeness (QED) is 0.596. The van der Waals surface area contributed by atoms with E-state index in [1.807, 2.05) is 24.3 Å². The average molecular weight is 394 g/mol. The standard InChI is InChI=1S/C22H26N4O3/c1-4-26-21(28)17-10-9-16(11-19(17)25-22(26)29)20(27)24-12-18(23)15-7-5-14(6-8-15)13(2)3/h5-11,13,18H,4,12,23H2,1-3H3,(H,24,27)(H,25,29). The molecule has 2 aromatic carbocycles. The maximum absolute atomic E-state index is 12.5. The molecule has 3 rings (SSSR count). The van der Waals surface area contributed by atoms with Crippen LogP contribution in [0.5, 0.6) is 0 Å². The van der Waals surface area contributed by atoms with E-state index in [2.05, 4.69) is 24.1 Å². The van der Waals surface area contributed by atoms with Crippen LogP contribution in [-0.4, -0.2) is 22.0 Å². The Labute approximate surface area is 168 Å². The lowest BCUT2D eigenvalue weighted by Crippen LogP contribution is -2.34. The molecule has 3 aromatic rings. The fourth-order valence-electron chi connectivity index (χ4n) is 3.23. The van der Waals surface area contributed by atoms with E-state index in [1.54, 1.807) is 19.1 Å². The van der Waals surface area contributed by atoms with Gasteiger partial charge in [-0.1, -0.05) is 38.1 Å². The smallest absolute Gasteiger partial charge is 0.328 e. The van der Waals surface area contributed by atoms with Crippen molar-refractivity contribution in [3.05, 3.63) is 80.0 Å². The predicted molar refractivity (Wildman–Crippen MR) is 114 cm³/mol. The van der Waals surface area contributed by atoms with Crippen LogP contribution < -0.4 is 22.3 Å². The van der Waals surface area contributed by atoms with E-state index in [1.165, 1.54) is 11.6 Å². The van der Waals surface area contributed by atoms with Gasteiger partial charge in [0, 0.05) is 24.7 Å². The van der Waals surface area contributed by atoms with Gasteiger partial charge in [-0.05, 0) is 42.2 Å². The molecule has 0 aliphatic rings. The number of aromatic nitrogens is 2. The van der Waals surface area contributed by atoms with E-state index in [0.29, 0.717) is 22.4 Å². The highest BCUT2D eigenvalue weighted by Crippen LogP contribution is 2.17. The van der Waals surface area contributed by atoms with Crippen molar-refractivity contribution in [2.24, 2.45) is 5.73 Å². The molecule has 0 spiro atoms. The van der Waals surface area contributed by atoms with E-state index in [-0.39, 0.29) is 30.6 Å². The molecule has 1 heterocycles. The summed E-state index contributed by atoms with van der Waals surface area (Å²) in [5, 5.41) is 3.18. The fourth-order valence-corrected chi connectivity index (χ4v) is 3.23. The molecule has 0 bridgehead atoms. The second-order valence-electron chi connectivity index (χ2n) is 7.38. The van der Waals surface area contributed by atoms with Crippen LogP contribution in [0.25, 0.3) is 10.9 Å². The van der Waals surface area contributed by atoms with Crippen molar-refractivity contribution in [1.29, 1.82) is 0 Å². The van der Waals surface area contributed by atoms with Crippen LogP contribution in [0.2, 0.25) is 0 Å². The van der Waals surface area contributed by atoms with Crippen molar-refractivity contribution in [2.45, 2.75) is 39.3 Å². The number of rotatable bonds is 6. The van der Waals surface area contributed by atoms with Crippen LogP contribution in [-0.2, 0) is 6.54 Å². The van der Waals surface area contributed by atoms with Gasteiger partial charge in [0.05, 0.1) is 10.9 Å². The van der Waals surface area contributed by atoms with Crippen LogP contribution in [0.15, 0.2) is 52.1 Å². The minimum Gasteiger partial charge on any atom is -0.350 e. The summed E-state index contributed by atoms with van der Waals surface area (Å²) in [6.07, 6.45) is 0. The number of benzene rings is 2. The number of H-pyrrole nitrogens is 1. The molecule has 1 amide bonds. The lowest BCUT2D eigenvalue weighted by Gasteiger charge is -2.15. The molecule has 4 N–H and O–H groups in total. The van der Waals surface area contributed by atoms with Gasteiger partial charge >= 0.3 is 5.69 Å². The number of fused-ring (bicyclic) bond motifs is 1. The Hall–Kier alpha value is -3.19. The summed E-state index contributed by atoms with van der Waals surface area (Å²) < 4.78 is 1.12. The SMILES string of the molecule is CCn1c(=O)[nH]c2cc(C(=O)NCC(N)c3ccc(C(C)C)cc3)ccc2c1=O. The first-order valence-electron chi connectivity index (χ1n) is 9.72. The van der Waals surface area contributed by atoms with Crippen molar-refractivity contribution < 1.29 is 4.79 Å². The zero-order valence-electron chi connectivity index (χ0n) is 16.9. The maximum atomic E-state index is 12.5. The molecule has 29 heavy (non-hydrogen) atoms. The molecule has 152 valence electrons. The second kappa shape index (κ2) is 8.45. The molecule has 7 heteroatoms. The third-order valence-corrected chi connectivity index (χ3v) is 5.07. The minimum absolute atomic E-state index is 0.270. The van der Waals surface area contributed by atoms with E-state index in [9.17, 15) is 14.4 Å². The minimum atomic E-state index is -0.491. The van der Waals surface area contributed by atoms with Gasteiger partial charge in [0.2, 0.25) is 0 Å². The summed E-state index contributed by atoms with van der Waals surface area (Å²) in [5.74, 6) is 0.127. The highest BCUT2D eigenvalue weighted by molar-refractivity contribution is 5.97. The van der Waals surface area contributed by atoms with Gasteiger partial charge < -0.3 is 16.0 Å². The first kappa shape index (κ1) is 20.5. The van der Waals surface area contributed by atoms with Crippen molar-refractivity contribution >= 4 is 16.8 Å². The van der Waals surface area contributed by atoms with Crippen molar-refractivity contribution in [3.63, 3.8) is 0 Å². The van der Waals surface area contributed by atoms with Crippen LogP contribution >= 0.6 is 0 Å². The third kappa shape index (κ3) is 4.30. The Kier molecular flexibility index (Phi) is 5.98. The number of hydrogen-bond acceptors (Lipinski definition) is 4. The second-order valence-corrected chi connectivity index (χ2v) is 7.38. The van der Waals surface area contributed by atoms with Crippen LogP contribution in [0.4, 0.5) is 0 Å². The van der Waals surface area contributed by atoms with Crippen molar-refractivity contribution in [1.82, 2.24) is 14.9 Å². The molecular weight excluding hydrogens is 368 g/mol. The monoisotopic (exact) mass is 394 g/mol. The Balaban J connectivity index is 1.74. The molecule has 0 saturated heterocycles. The van der Waals surface area contributed by atoms with Gasteiger partial charge in [-0.25, -0.2) is 4.79 Å². The number of hydrogen-bond donors (Lipinski definition) is 3. The van der Waals surface area contributed by atoms with Crippen LogP contribution in [0.1, 0.15) is 54.2 Å². The number of carbonyl (C=O) groups excluding carboxylic acids is 1. The summed E-state index contributed by atoms with van der Waals surface area (Å²) in [4.78, 5) is 39.5. The van der Waals surface area contributed by atoms with Crippen LogP contribution in [0, 0.1) is 0 Å². The van der Waals surface area contributed by atoms with E-state index >= 15 is 0 Å². The summed E-state index contributed by atoms with van der Waals surface area (Å²) in [6, 6.07) is 12.3. The number of nitrogens with two attached hydrogens (primary N) is 1. The average Bonchev–Trinajstić information content (AvgIpc) is 2.71. The Morgan fingerprint density at radius 1 is 1.10 bits per heavy atom. The predicted octanol–water partition coefficient (Wildman–Crippen LogP) is 2.26. The molecule has 0 saturated carbocycles. The first-order valence-corrected chi connectivity index (χ1v) is 9.72. The number of carbonyl (C=O) groups is 1. The van der Waals surface area contributed by atoms with E-state index in [4.69, 9.17) is 5.73 Å². The Morgan fingerprint density at radius 3 is 2.38 bits per heavy atom. The molecule has 1 aromatic heterocycles. The molecule has 0 fully saturated rings. The molecule has 1 unspecified atom stereocenters. The van der Waals surface area contributed by atoms with Gasteiger partial charge in [0.15, 0.2) is 0 Å². The Morgan fingerprint density at radius 2 is 1.76 bits per heavy atom. The Bertz CT molecular complexity index is 1140. The van der Waals surface area contributed by atoms with E-state index in [0.717, 1.165) is 10.1 Å². The normalized spacial score (nSPS) is 12.3. The summed E-state index contributed by atoms with van der Waals surface area (Å²) in [6.45, 7) is 6.53. The largest absolute Gasteiger partial charge is 0.350 e. The molecule has 0 aliphatic heterocycles. The number of amides is 1. The number of nitrogens with zero attached hydrogens (tertiary/aromatic N) is 1. The summed E-state index contributed by atoms with van der Waals surface area (Å²) >= 11 is 0. The van der Waals surface area contributed by atoms with Crippen molar-refractivity contribution in [3.8, 4) is 0 Å². The van der Waals surface area contributed by atoms with Crippen molar-refractivity contribution in [2.75, 3.05) is 6.54 Å². The zero-order valence-corrected chi connectivity index (χ0v) is 16.9. The molecule has 0 radical (unpaired) electrons. The molecule has 1 atom stereocenters. The fraction of sp³-hybridized carbons (Fsp3) is 0.318.